The second-order valence-corrected chi connectivity index (χ2v) is 7.84. The van der Waals surface area contributed by atoms with Gasteiger partial charge in [0.25, 0.3) is 0 Å². The van der Waals surface area contributed by atoms with Crippen LogP contribution in [-0.2, 0) is 16.0 Å². The Kier molecular flexibility index (Phi) is 7.05. The molecule has 1 aromatic carbocycles. The molecule has 0 spiro atoms. The highest BCUT2D eigenvalue weighted by Gasteiger charge is 2.23. The van der Waals surface area contributed by atoms with Gasteiger partial charge in [-0.1, -0.05) is 27.7 Å². The van der Waals surface area contributed by atoms with E-state index in [2.05, 4.69) is 13.8 Å². The van der Waals surface area contributed by atoms with E-state index in [1.54, 1.807) is 12.1 Å². The minimum Gasteiger partial charge on any atom is -0.479 e. The van der Waals surface area contributed by atoms with Crippen LogP contribution in [0.25, 0.3) is 11.0 Å². The fraction of sp³-hybridized carbons (Fsp3) is 0.545. The summed E-state index contributed by atoms with van der Waals surface area (Å²) in [5, 5.41) is 0.888. The molecule has 2 rings (SSSR count). The third kappa shape index (κ3) is 5.34. The Morgan fingerprint density at radius 3 is 2.44 bits per heavy atom. The molecule has 1 aromatic heterocycles. The molecule has 0 aliphatic heterocycles. The number of ether oxygens (including phenoxy) is 2. The lowest BCUT2D eigenvalue weighted by Crippen LogP contribution is -2.30. The van der Waals surface area contributed by atoms with E-state index >= 15 is 0 Å². The van der Waals surface area contributed by atoms with Crippen LogP contribution in [0.15, 0.2) is 27.4 Å². The summed E-state index contributed by atoms with van der Waals surface area (Å²) in [7, 11) is 1.35. The summed E-state index contributed by atoms with van der Waals surface area (Å²) in [6, 6.07) is 5.36. The first kappa shape index (κ1) is 21.0. The van der Waals surface area contributed by atoms with Crippen LogP contribution in [0.4, 0.5) is 0 Å². The molecule has 2 aromatic rings. The molecule has 0 bridgehead atoms. The monoisotopic (exact) mass is 374 g/mol. The van der Waals surface area contributed by atoms with Crippen molar-refractivity contribution in [2.75, 3.05) is 7.11 Å². The van der Waals surface area contributed by atoms with Crippen molar-refractivity contribution in [1.29, 1.82) is 0 Å². The van der Waals surface area contributed by atoms with Crippen LogP contribution in [0.1, 0.15) is 51.7 Å². The Bertz CT molecular complexity index is 848. The van der Waals surface area contributed by atoms with E-state index in [1.807, 2.05) is 26.8 Å². The molecule has 5 nitrogen and oxygen atoms in total. The summed E-state index contributed by atoms with van der Waals surface area (Å²) in [5.74, 6) is 0.867. The average molecular weight is 374 g/mol. The van der Waals surface area contributed by atoms with Crippen molar-refractivity contribution >= 4 is 16.9 Å². The number of rotatable bonds is 8. The van der Waals surface area contributed by atoms with Crippen LogP contribution in [0.5, 0.6) is 5.75 Å². The van der Waals surface area contributed by atoms with Crippen molar-refractivity contribution in [2.24, 2.45) is 11.8 Å². The van der Waals surface area contributed by atoms with E-state index in [-0.39, 0.29) is 11.5 Å². The maximum Gasteiger partial charge on any atom is 0.347 e. The SMILES string of the molecule is COC(=O)[C@H](CC(C)C)Oc1ccc2c(C)c(CCC(C)C)c(=O)oc2c1. The van der Waals surface area contributed by atoms with E-state index in [4.69, 9.17) is 13.9 Å². The van der Waals surface area contributed by atoms with Gasteiger partial charge in [-0.2, -0.15) is 0 Å². The van der Waals surface area contributed by atoms with Crippen LogP contribution >= 0.6 is 0 Å². The van der Waals surface area contributed by atoms with Gasteiger partial charge in [0, 0.05) is 17.0 Å². The number of hydrogen-bond donors (Lipinski definition) is 0. The summed E-state index contributed by atoms with van der Waals surface area (Å²) < 4.78 is 16.2. The molecule has 0 N–H and O–H groups in total. The molecule has 0 aliphatic rings. The highest BCUT2D eigenvalue weighted by molar-refractivity contribution is 5.82. The van der Waals surface area contributed by atoms with Crippen molar-refractivity contribution in [3.8, 4) is 5.75 Å². The van der Waals surface area contributed by atoms with Gasteiger partial charge >= 0.3 is 11.6 Å². The Hall–Kier alpha value is -2.30. The fourth-order valence-electron chi connectivity index (χ4n) is 3.09. The van der Waals surface area contributed by atoms with Crippen molar-refractivity contribution < 1.29 is 18.7 Å². The smallest absolute Gasteiger partial charge is 0.347 e. The molecular formula is C22H30O5. The number of esters is 1. The van der Waals surface area contributed by atoms with Gasteiger partial charge in [0.15, 0.2) is 6.10 Å². The zero-order valence-corrected chi connectivity index (χ0v) is 17.1. The fourth-order valence-corrected chi connectivity index (χ4v) is 3.09. The number of aryl methyl sites for hydroxylation is 1. The molecule has 0 aliphatic carbocycles. The van der Waals surface area contributed by atoms with Crippen LogP contribution in [0, 0.1) is 18.8 Å². The third-order valence-corrected chi connectivity index (χ3v) is 4.66. The molecular weight excluding hydrogens is 344 g/mol. The molecule has 0 saturated heterocycles. The molecule has 27 heavy (non-hydrogen) atoms. The van der Waals surface area contributed by atoms with Crippen molar-refractivity contribution in [3.63, 3.8) is 0 Å². The highest BCUT2D eigenvalue weighted by atomic mass is 16.6. The van der Waals surface area contributed by atoms with E-state index < -0.39 is 12.1 Å². The minimum absolute atomic E-state index is 0.276. The maximum absolute atomic E-state index is 12.4. The van der Waals surface area contributed by atoms with E-state index in [0.29, 0.717) is 30.1 Å². The number of benzene rings is 1. The van der Waals surface area contributed by atoms with Crippen molar-refractivity contribution in [3.05, 3.63) is 39.7 Å². The molecule has 0 saturated carbocycles. The number of methoxy groups -OCH3 is 1. The van der Waals surface area contributed by atoms with Gasteiger partial charge in [-0.15, -0.1) is 0 Å². The number of hydrogen-bond acceptors (Lipinski definition) is 5. The highest BCUT2D eigenvalue weighted by Crippen LogP contribution is 2.26. The predicted molar refractivity (Wildman–Crippen MR) is 106 cm³/mol. The Morgan fingerprint density at radius 2 is 1.85 bits per heavy atom. The van der Waals surface area contributed by atoms with E-state index in [1.165, 1.54) is 7.11 Å². The average Bonchev–Trinajstić information content (AvgIpc) is 2.59. The molecule has 0 radical (unpaired) electrons. The lowest BCUT2D eigenvalue weighted by atomic mass is 9.98. The second-order valence-electron chi connectivity index (χ2n) is 7.84. The first-order chi connectivity index (χ1) is 12.7. The lowest BCUT2D eigenvalue weighted by molar-refractivity contribution is -0.149. The summed E-state index contributed by atoms with van der Waals surface area (Å²) in [6.45, 7) is 10.3. The molecule has 0 fully saturated rings. The number of fused-ring (bicyclic) bond motifs is 1. The molecule has 0 unspecified atom stereocenters. The third-order valence-electron chi connectivity index (χ3n) is 4.66. The zero-order chi connectivity index (χ0) is 20.1. The summed E-state index contributed by atoms with van der Waals surface area (Å²) in [4.78, 5) is 24.4. The Labute approximate surface area is 160 Å². The lowest BCUT2D eigenvalue weighted by Gasteiger charge is -2.19. The summed E-state index contributed by atoms with van der Waals surface area (Å²) in [5.41, 5.74) is 1.85. The maximum atomic E-state index is 12.4. The van der Waals surface area contributed by atoms with Crippen molar-refractivity contribution in [2.45, 2.75) is 60.0 Å². The minimum atomic E-state index is -0.689. The van der Waals surface area contributed by atoms with Gasteiger partial charge in [-0.3, -0.25) is 0 Å². The van der Waals surface area contributed by atoms with Crippen LogP contribution < -0.4 is 10.4 Å². The van der Waals surface area contributed by atoms with Crippen LogP contribution in [0.2, 0.25) is 0 Å². The normalized spacial score (nSPS) is 12.6. The number of carbonyl (C=O) groups excluding carboxylic acids is 1. The van der Waals surface area contributed by atoms with Gasteiger partial charge in [0.1, 0.15) is 11.3 Å². The largest absolute Gasteiger partial charge is 0.479 e. The van der Waals surface area contributed by atoms with Crippen LogP contribution in [-0.4, -0.2) is 19.2 Å². The topological polar surface area (TPSA) is 65.7 Å². The first-order valence-corrected chi connectivity index (χ1v) is 9.53. The Balaban J connectivity index is 2.35. The molecule has 1 heterocycles. The standard InChI is InChI=1S/C22H30O5/c1-13(2)7-9-18-15(5)17-10-8-16(12-19(17)27-21(18)23)26-20(11-14(3)4)22(24)25-6/h8,10,12-14,20H,7,9,11H2,1-6H3/t20-/m0/s1. The van der Waals surface area contributed by atoms with Crippen molar-refractivity contribution in [1.82, 2.24) is 0 Å². The molecule has 0 amide bonds. The second kappa shape index (κ2) is 9.07. The van der Waals surface area contributed by atoms with Gasteiger partial charge in [0.2, 0.25) is 0 Å². The van der Waals surface area contributed by atoms with Gasteiger partial charge in [-0.25, -0.2) is 9.59 Å². The van der Waals surface area contributed by atoms with Crippen LogP contribution in [0.3, 0.4) is 0 Å². The number of carbonyl (C=O) groups is 1. The van der Waals surface area contributed by atoms with Gasteiger partial charge in [-0.05, 0) is 55.7 Å². The first-order valence-electron chi connectivity index (χ1n) is 9.53. The Morgan fingerprint density at radius 1 is 1.15 bits per heavy atom. The quantitative estimate of drug-likeness (QED) is 0.497. The zero-order valence-electron chi connectivity index (χ0n) is 17.1. The van der Waals surface area contributed by atoms with E-state index in [9.17, 15) is 9.59 Å². The van der Waals surface area contributed by atoms with Gasteiger partial charge < -0.3 is 13.9 Å². The summed E-state index contributed by atoms with van der Waals surface area (Å²) >= 11 is 0. The predicted octanol–water partition coefficient (Wildman–Crippen LogP) is 4.66. The summed E-state index contributed by atoms with van der Waals surface area (Å²) in [6.07, 6.45) is 1.50. The molecule has 5 heteroatoms. The molecule has 1 atom stereocenters. The van der Waals surface area contributed by atoms with Gasteiger partial charge in [0.05, 0.1) is 7.11 Å². The molecule has 148 valence electrons. The van der Waals surface area contributed by atoms with E-state index in [0.717, 1.165) is 22.9 Å².